The van der Waals surface area contributed by atoms with Crippen molar-refractivity contribution in [3.63, 3.8) is 0 Å². The summed E-state index contributed by atoms with van der Waals surface area (Å²) in [4.78, 5) is 18.2. The fraction of sp³-hybridized carbons (Fsp3) is 0.111. The molecule has 0 unspecified atom stereocenters. The molecule has 0 aliphatic rings. The first-order chi connectivity index (χ1) is 12.3. The minimum Gasteiger partial charge on any atom is -0.346 e. The standard InChI is InChI=1S/C18H15N3OS3/c22-17(20-18-19-14(12-25-18)16-4-3-8-24-16)10-15(13-5-9-23-11-13)21-6-1-2-7-21/h1-9,11-12,15H,10H2,(H,19,20,22)/t15-/m0/s1. The fourth-order valence-electron chi connectivity index (χ4n) is 2.63. The zero-order valence-electron chi connectivity index (χ0n) is 13.2. The van der Waals surface area contributed by atoms with Crippen LogP contribution in [-0.4, -0.2) is 15.5 Å². The first-order valence-corrected chi connectivity index (χ1v) is 10.4. The molecule has 0 aliphatic carbocycles. The van der Waals surface area contributed by atoms with Gasteiger partial charge in [0, 0.05) is 17.8 Å². The molecule has 1 N–H and O–H groups in total. The minimum absolute atomic E-state index is 0.00187. The lowest BCUT2D eigenvalue weighted by molar-refractivity contribution is -0.116. The van der Waals surface area contributed by atoms with Crippen molar-refractivity contribution in [3.05, 3.63) is 69.8 Å². The number of hydrogen-bond acceptors (Lipinski definition) is 5. The summed E-state index contributed by atoms with van der Waals surface area (Å²) in [6.45, 7) is 0. The van der Waals surface area contributed by atoms with E-state index in [9.17, 15) is 4.79 Å². The lowest BCUT2D eigenvalue weighted by Gasteiger charge is -2.17. The van der Waals surface area contributed by atoms with Crippen molar-refractivity contribution in [1.29, 1.82) is 0 Å². The maximum atomic E-state index is 12.6. The molecule has 4 aromatic rings. The van der Waals surface area contributed by atoms with Crippen LogP contribution in [0.2, 0.25) is 0 Å². The van der Waals surface area contributed by atoms with E-state index in [1.54, 1.807) is 22.7 Å². The Morgan fingerprint density at radius 2 is 2.00 bits per heavy atom. The number of anilines is 1. The first-order valence-electron chi connectivity index (χ1n) is 7.73. The summed E-state index contributed by atoms with van der Waals surface area (Å²) < 4.78 is 2.07. The van der Waals surface area contributed by atoms with E-state index >= 15 is 0 Å². The van der Waals surface area contributed by atoms with E-state index < -0.39 is 0 Å². The maximum Gasteiger partial charge on any atom is 0.228 e. The molecule has 0 spiro atoms. The Bertz CT molecular complexity index is 890. The Labute approximate surface area is 157 Å². The van der Waals surface area contributed by atoms with Crippen molar-refractivity contribution in [2.75, 3.05) is 5.32 Å². The molecule has 4 heterocycles. The van der Waals surface area contributed by atoms with E-state index in [1.165, 1.54) is 11.3 Å². The third kappa shape index (κ3) is 3.73. The molecular formula is C18H15N3OS3. The summed E-state index contributed by atoms with van der Waals surface area (Å²) in [5.41, 5.74) is 2.06. The summed E-state index contributed by atoms with van der Waals surface area (Å²) in [5.74, 6) is -0.0306. The molecule has 4 aromatic heterocycles. The van der Waals surface area contributed by atoms with Gasteiger partial charge in [-0.3, -0.25) is 4.79 Å². The van der Waals surface area contributed by atoms with Crippen molar-refractivity contribution in [3.8, 4) is 10.6 Å². The molecule has 1 amide bonds. The van der Waals surface area contributed by atoms with Gasteiger partial charge in [0.1, 0.15) is 0 Å². The van der Waals surface area contributed by atoms with Crippen LogP contribution in [0.3, 0.4) is 0 Å². The Kier molecular flexibility index (Phi) is 4.78. The van der Waals surface area contributed by atoms with Crippen molar-refractivity contribution in [2.45, 2.75) is 12.5 Å². The van der Waals surface area contributed by atoms with E-state index in [1.807, 2.05) is 52.8 Å². The molecule has 0 radical (unpaired) electrons. The van der Waals surface area contributed by atoms with Crippen LogP contribution in [0, 0.1) is 0 Å². The Hall–Kier alpha value is -2.22. The van der Waals surface area contributed by atoms with Crippen LogP contribution in [0.4, 0.5) is 5.13 Å². The van der Waals surface area contributed by atoms with E-state index in [-0.39, 0.29) is 11.9 Å². The molecule has 126 valence electrons. The predicted molar refractivity (Wildman–Crippen MR) is 106 cm³/mol. The Morgan fingerprint density at radius 3 is 2.72 bits per heavy atom. The van der Waals surface area contributed by atoms with Gasteiger partial charge in [0.15, 0.2) is 5.13 Å². The van der Waals surface area contributed by atoms with Crippen LogP contribution >= 0.6 is 34.0 Å². The molecule has 0 fully saturated rings. The molecule has 0 aliphatic heterocycles. The largest absolute Gasteiger partial charge is 0.346 e. The number of nitrogens with one attached hydrogen (secondary N) is 1. The van der Waals surface area contributed by atoms with Crippen molar-refractivity contribution in [2.24, 2.45) is 0 Å². The number of thiophene rings is 2. The van der Waals surface area contributed by atoms with Gasteiger partial charge in [0.2, 0.25) is 5.91 Å². The second-order valence-corrected chi connectivity index (χ2v) is 8.06. The van der Waals surface area contributed by atoms with Gasteiger partial charge in [0.25, 0.3) is 0 Å². The summed E-state index contributed by atoms with van der Waals surface area (Å²) in [6, 6.07) is 10.1. The highest BCUT2D eigenvalue weighted by Gasteiger charge is 2.18. The van der Waals surface area contributed by atoms with Gasteiger partial charge in [-0.15, -0.1) is 22.7 Å². The average Bonchev–Trinajstić information content (AvgIpc) is 3.42. The van der Waals surface area contributed by atoms with Crippen LogP contribution in [0.1, 0.15) is 18.0 Å². The Morgan fingerprint density at radius 1 is 1.12 bits per heavy atom. The monoisotopic (exact) mass is 385 g/mol. The molecule has 25 heavy (non-hydrogen) atoms. The van der Waals surface area contributed by atoms with Crippen LogP contribution in [0.15, 0.2) is 64.2 Å². The number of nitrogens with zero attached hydrogens (tertiary/aromatic N) is 2. The van der Waals surface area contributed by atoms with Crippen molar-refractivity contribution >= 4 is 45.0 Å². The topological polar surface area (TPSA) is 46.9 Å². The summed E-state index contributed by atoms with van der Waals surface area (Å²) in [7, 11) is 0. The quantitative estimate of drug-likeness (QED) is 0.486. The smallest absolute Gasteiger partial charge is 0.228 e. The van der Waals surface area contributed by atoms with Gasteiger partial charge in [-0.2, -0.15) is 11.3 Å². The maximum absolute atomic E-state index is 12.6. The van der Waals surface area contributed by atoms with Crippen LogP contribution in [0.25, 0.3) is 10.6 Å². The average molecular weight is 386 g/mol. The summed E-state index contributed by atoms with van der Waals surface area (Å²) in [5, 5.41) is 11.7. The Balaban J connectivity index is 1.47. The number of carbonyl (C=O) groups is 1. The first kappa shape index (κ1) is 16.3. The van der Waals surface area contributed by atoms with Gasteiger partial charge in [0.05, 0.1) is 23.0 Å². The molecule has 4 rings (SSSR count). The van der Waals surface area contributed by atoms with Crippen LogP contribution < -0.4 is 5.32 Å². The van der Waals surface area contributed by atoms with Gasteiger partial charge >= 0.3 is 0 Å². The molecule has 0 aromatic carbocycles. The molecule has 0 bridgehead atoms. The zero-order chi connectivity index (χ0) is 17.1. The van der Waals surface area contributed by atoms with E-state index in [2.05, 4.69) is 26.3 Å². The number of hydrogen-bond donors (Lipinski definition) is 1. The second-order valence-electron chi connectivity index (χ2n) is 5.47. The molecule has 4 nitrogen and oxygen atoms in total. The highest BCUT2D eigenvalue weighted by atomic mass is 32.1. The van der Waals surface area contributed by atoms with E-state index in [4.69, 9.17) is 0 Å². The normalized spacial score (nSPS) is 12.2. The summed E-state index contributed by atoms with van der Waals surface area (Å²) >= 11 is 4.75. The highest BCUT2D eigenvalue weighted by Crippen LogP contribution is 2.29. The van der Waals surface area contributed by atoms with E-state index in [0.717, 1.165) is 16.1 Å². The summed E-state index contributed by atoms with van der Waals surface area (Å²) in [6.07, 6.45) is 4.36. The lowest BCUT2D eigenvalue weighted by Crippen LogP contribution is -2.19. The van der Waals surface area contributed by atoms with Gasteiger partial charge in [-0.25, -0.2) is 4.98 Å². The second kappa shape index (κ2) is 7.35. The number of thiazole rings is 1. The number of rotatable bonds is 6. The number of amides is 1. The van der Waals surface area contributed by atoms with Gasteiger partial charge in [-0.1, -0.05) is 6.07 Å². The predicted octanol–water partition coefficient (Wildman–Crippen LogP) is 5.35. The highest BCUT2D eigenvalue weighted by molar-refractivity contribution is 7.16. The number of aromatic nitrogens is 2. The minimum atomic E-state index is -0.0306. The van der Waals surface area contributed by atoms with Crippen molar-refractivity contribution < 1.29 is 4.79 Å². The SMILES string of the molecule is O=C(C[C@@H](c1ccsc1)n1cccc1)Nc1nc(-c2cccs2)cs1. The molecule has 7 heteroatoms. The molecule has 1 atom stereocenters. The molecule has 0 saturated carbocycles. The lowest BCUT2D eigenvalue weighted by atomic mass is 10.1. The molecule has 0 saturated heterocycles. The van der Waals surface area contributed by atoms with Crippen molar-refractivity contribution in [1.82, 2.24) is 9.55 Å². The van der Waals surface area contributed by atoms with Gasteiger partial charge < -0.3 is 9.88 Å². The van der Waals surface area contributed by atoms with Crippen LogP contribution in [0.5, 0.6) is 0 Å². The van der Waals surface area contributed by atoms with E-state index in [0.29, 0.717) is 11.6 Å². The fourth-order valence-corrected chi connectivity index (χ4v) is 4.82. The van der Waals surface area contributed by atoms with Crippen LogP contribution in [-0.2, 0) is 4.79 Å². The third-order valence-electron chi connectivity index (χ3n) is 3.82. The number of carbonyl (C=O) groups excluding carboxylic acids is 1. The molecular weight excluding hydrogens is 370 g/mol. The van der Waals surface area contributed by atoms with Gasteiger partial charge in [-0.05, 0) is 46.0 Å². The zero-order valence-corrected chi connectivity index (χ0v) is 15.6. The third-order valence-corrected chi connectivity index (χ3v) is 6.17.